The summed E-state index contributed by atoms with van der Waals surface area (Å²) in [6, 6.07) is 9.33. The number of rotatable bonds is 4. The second-order valence-electron chi connectivity index (χ2n) is 2.71. The van der Waals surface area contributed by atoms with E-state index in [0.717, 1.165) is 5.56 Å². The van der Waals surface area contributed by atoms with Crippen LogP contribution in [0.3, 0.4) is 0 Å². The normalized spacial score (nSPS) is 12.2. The van der Waals surface area contributed by atoms with Gasteiger partial charge in [0.1, 0.15) is 11.9 Å². The molecule has 0 amide bonds. The summed E-state index contributed by atoms with van der Waals surface area (Å²) in [7, 11) is 0. The van der Waals surface area contributed by atoms with Gasteiger partial charge in [-0.25, -0.2) is 0 Å². The Bertz CT molecular complexity index is 267. The van der Waals surface area contributed by atoms with Gasteiger partial charge in [-0.15, -0.1) is 0 Å². The van der Waals surface area contributed by atoms with Crippen molar-refractivity contribution in [3.8, 4) is 0 Å². The summed E-state index contributed by atoms with van der Waals surface area (Å²) in [4.78, 5) is 0. The van der Waals surface area contributed by atoms with Crippen molar-refractivity contribution in [3.05, 3.63) is 48.2 Å². The molecule has 13 heavy (non-hydrogen) atoms. The van der Waals surface area contributed by atoms with Crippen LogP contribution in [0.15, 0.2) is 42.7 Å². The highest BCUT2D eigenvalue weighted by atomic mass is 16.5. The van der Waals surface area contributed by atoms with Gasteiger partial charge in [-0.2, -0.15) is 0 Å². The highest BCUT2D eigenvalue weighted by Gasteiger charge is 2.10. The summed E-state index contributed by atoms with van der Waals surface area (Å²) in [5.41, 5.74) is 0.806. The van der Waals surface area contributed by atoms with Crippen molar-refractivity contribution in [3.63, 3.8) is 0 Å². The van der Waals surface area contributed by atoms with E-state index in [4.69, 9.17) is 4.74 Å². The van der Waals surface area contributed by atoms with Crippen molar-refractivity contribution < 1.29 is 9.84 Å². The Labute approximate surface area is 78.5 Å². The van der Waals surface area contributed by atoms with Crippen LogP contribution in [0.5, 0.6) is 0 Å². The van der Waals surface area contributed by atoms with E-state index in [1.54, 1.807) is 0 Å². The van der Waals surface area contributed by atoms with Crippen LogP contribution < -0.4 is 0 Å². The van der Waals surface area contributed by atoms with E-state index in [-0.39, 0.29) is 0 Å². The molecule has 1 aromatic carbocycles. The van der Waals surface area contributed by atoms with E-state index in [2.05, 4.69) is 6.58 Å². The van der Waals surface area contributed by atoms with Gasteiger partial charge >= 0.3 is 0 Å². The molecule has 70 valence electrons. The van der Waals surface area contributed by atoms with E-state index in [1.807, 2.05) is 37.3 Å². The molecule has 2 nitrogen and oxygen atoms in total. The summed E-state index contributed by atoms with van der Waals surface area (Å²) < 4.78 is 5.11. The van der Waals surface area contributed by atoms with E-state index < -0.39 is 6.10 Å². The molecular formula is C11H14O2. The maximum atomic E-state index is 9.70. The van der Waals surface area contributed by atoms with Crippen molar-refractivity contribution in [1.29, 1.82) is 0 Å². The standard InChI is InChI=1S/C11H14O2/c1-3-13-9(2)11(12)10-7-5-4-6-8-10/h4-8,11-12H,2-3H2,1H3. The van der Waals surface area contributed by atoms with Gasteiger partial charge in [0.05, 0.1) is 6.61 Å². The van der Waals surface area contributed by atoms with Crippen molar-refractivity contribution in [1.82, 2.24) is 0 Å². The lowest BCUT2D eigenvalue weighted by Crippen LogP contribution is -2.03. The first-order chi connectivity index (χ1) is 6.25. The number of aliphatic hydroxyl groups is 1. The molecule has 1 atom stereocenters. The average Bonchev–Trinajstić information content (AvgIpc) is 2.18. The van der Waals surface area contributed by atoms with E-state index in [1.165, 1.54) is 0 Å². The molecule has 0 radical (unpaired) electrons. The Morgan fingerprint density at radius 1 is 1.46 bits per heavy atom. The molecule has 0 fully saturated rings. The lowest BCUT2D eigenvalue weighted by Gasteiger charge is -2.13. The Morgan fingerprint density at radius 2 is 2.08 bits per heavy atom. The smallest absolute Gasteiger partial charge is 0.135 e. The molecule has 2 heteroatoms. The zero-order valence-electron chi connectivity index (χ0n) is 7.73. The SMILES string of the molecule is C=C(OCC)C(O)c1ccccc1. The van der Waals surface area contributed by atoms with Crippen molar-refractivity contribution >= 4 is 0 Å². The topological polar surface area (TPSA) is 29.5 Å². The van der Waals surface area contributed by atoms with E-state index >= 15 is 0 Å². The maximum absolute atomic E-state index is 9.70. The van der Waals surface area contributed by atoms with Crippen molar-refractivity contribution in [2.24, 2.45) is 0 Å². The summed E-state index contributed by atoms with van der Waals surface area (Å²) in [6.07, 6.45) is -0.721. The van der Waals surface area contributed by atoms with Crippen LogP contribution in [0, 0.1) is 0 Å². The number of benzene rings is 1. The molecule has 0 aliphatic rings. The van der Waals surface area contributed by atoms with Crippen LogP contribution in [0.2, 0.25) is 0 Å². The van der Waals surface area contributed by atoms with Gasteiger partial charge in [0.15, 0.2) is 0 Å². The van der Waals surface area contributed by atoms with Gasteiger partial charge in [0.2, 0.25) is 0 Å². The Morgan fingerprint density at radius 3 is 2.62 bits per heavy atom. The fourth-order valence-corrected chi connectivity index (χ4v) is 1.09. The maximum Gasteiger partial charge on any atom is 0.135 e. The largest absolute Gasteiger partial charge is 0.496 e. The predicted octanol–water partition coefficient (Wildman–Crippen LogP) is 2.27. The number of hydrogen-bond acceptors (Lipinski definition) is 2. The zero-order chi connectivity index (χ0) is 9.68. The molecular weight excluding hydrogens is 164 g/mol. The third-order valence-corrected chi connectivity index (χ3v) is 1.75. The van der Waals surface area contributed by atoms with Gasteiger partial charge < -0.3 is 9.84 Å². The predicted molar refractivity (Wildman–Crippen MR) is 52.2 cm³/mol. The van der Waals surface area contributed by atoms with Crippen LogP contribution >= 0.6 is 0 Å². The van der Waals surface area contributed by atoms with E-state index in [9.17, 15) is 5.11 Å². The minimum absolute atomic E-state index is 0.397. The minimum atomic E-state index is -0.721. The average molecular weight is 178 g/mol. The Hall–Kier alpha value is -1.28. The van der Waals surface area contributed by atoms with Crippen LogP contribution in [0.1, 0.15) is 18.6 Å². The van der Waals surface area contributed by atoms with Crippen molar-refractivity contribution in [2.45, 2.75) is 13.0 Å². The van der Waals surface area contributed by atoms with Gasteiger partial charge in [0, 0.05) is 0 Å². The zero-order valence-corrected chi connectivity index (χ0v) is 7.73. The van der Waals surface area contributed by atoms with E-state index in [0.29, 0.717) is 12.4 Å². The highest BCUT2D eigenvalue weighted by Crippen LogP contribution is 2.20. The summed E-state index contributed by atoms with van der Waals surface area (Å²) in [6.45, 7) is 6.04. The lowest BCUT2D eigenvalue weighted by atomic mass is 10.1. The minimum Gasteiger partial charge on any atom is -0.496 e. The monoisotopic (exact) mass is 178 g/mol. The molecule has 0 saturated carbocycles. The number of hydrogen-bond donors (Lipinski definition) is 1. The fourth-order valence-electron chi connectivity index (χ4n) is 1.09. The van der Waals surface area contributed by atoms with Gasteiger partial charge in [-0.1, -0.05) is 36.9 Å². The molecule has 1 N–H and O–H groups in total. The van der Waals surface area contributed by atoms with Crippen LogP contribution in [-0.4, -0.2) is 11.7 Å². The lowest BCUT2D eigenvalue weighted by molar-refractivity contribution is 0.110. The van der Waals surface area contributed by atoms with Crippen LogP contribution in [0.25, 0.3) is 0 Å². The third kappa shape index (κ3) is 2.60. The first-order valence-electron chi connectivity index (χ1n) is 4.30. The molecule has 0 bridgehead atoms. The molecule has 0 heterocycles. The molecule has 1 unspecified atom stereocenters. The first kappa shape index (κ1) is 9.81. The molecule has 1 rings (SSSR count). The fraction of sp³-hybridized carbons (Fsp3) is 0.273. The highest BCUT2D eigenvalue weighted by molar-refractivity contribution is 5.22. The third-order valence-electron chi connectivity index (χ3n) is 1.75. The molecule has 1 aromatic rings. The molecule has 0 aliphatic heterocycles. The van der Waals surface area contributed by atoms with Crippen molar-refractivity contribution in [2.75, 3.05) is 6.61 Å². The van der Waals surface area contributed by atoms with Crippen LogP contribution in [-0.2, 0) is 4.74 Å². The summed E-state index contributed by atoms with van der Waals surface area (Å²) in [5.74, 6) is 0.397. The van der Waals surface area contributed by atoms with Crippen LogP contribution in [0.4, 0.5) is 0 Å². The second kappa shape index (κ2) is 4.67. The Kier molecular flexibility index (Phi) is 3.53. The van der Waals surface area contributed by atoms with Gasteiger partial charge in [-0.3, -0.25) is 0 Å². The number of ether oxygens (including phenoxy) is 1. The summed E-state index contributed by atoms with van der Waals surface area (Å²) >= 11 is 0. The van der Waals surface area contributed by atoms with Gasteiger partial charge in [0.25, 0.3) is 0 Å². The quantitative estimate of drug-likeness (QED) is 0.717. The molecule has 0 aromatic heterocycles. The van der Waals surface area contributed by atoms with Gasteiger partial charge in [-0.05, 0) is 12.5 Å². The molecule has 0 spiro atoms. The second-order valence-corrected chi connectivity index (χ2v) is 2.71. The summed E-state index contributed by atoms with van der Waals surface area (Å²) in [5, 5.41) is 9.70. The first-order valence-corrected chi connectivity index (χ1v) is 4.30. The Balaban J connectivity index is 2.68. The molecule has 0 saturated heterocycles. The number of aliphatic hydroxyl groups excluding tert-OH is 1. The molecule has 0 aliphatic carbocycles.